The lowest BCUT2D eigenvalue weighted by atomic mass is 9.95. The van der Waals surface area contributed by atoms with Crippen LogP contribution in [0, 0.1) is 12.8 Å². The van der Waals surface area contributed by atoms with E-state index in [4.69, 9.17) is 10.2 Å². The Kier molecular flexibility index (Phi) is 3.44. The van der Waals surface area contributed by atoms with Gasteiger partial charge in [0.2, 0.25) is 5.91 Å². The first-order valence-electron chi connectivity index (χ1n) is 5.62. The molecule has 1 saturated carbocycles. The van der Waals surface area contributed by atoms with Crippen LogP contribution in [0.1, 0.15) is 18.5 Å². The first-order chi connectivity index (χ1) is 8.08. The molecule has 1 aromatic heterocycles. The molecule has 1 unspecified atom stereocenters. The van der Waals surface area contributed by atoms with Gasteiger partial charge in [0.05, 0.1) is 5.69 Å². The van der Waals surface area contributed by atoms with E-state index in [0.29, 0.717) is 16.9 Å². The van der Waals surface area contributed by atoms with Gasteiger partial charge < -0.3 is 15.5 Å². The van der Waals surface area contributed by atoms with Gasteiger partial charge in [-0.2, -0.15) is 0 Å². The highest BCUT2D eigenvalue weighted by Gasteiger charge is 2.48. The van der Waals surface area contributed by atoms with Crippen LogP contribution in [0.25, 0.3) is 0 Å². The topological polar surface area (TPSA) is 81.2 Å². The lowest BCUT2D eigenvalue weighted by Gasteiger charge is -2.29. The number of aromatic nitrogens is 1. The zero-order valence-corrected chi connectivity index (χ0v) is 10.8. The lowest BCUT2D eigenvalue weighted by molar-refractivity contribution is -0.124. The molecule has 0 aliphatic heterocycles. The first-order valence-corrected chi connectivity index (χ1v) is 6.61. The average molecular weight is 255 g/mol. The molecule has 1 atom stereocenters. The lowest BCUT2D eigenvalue weighted by Crippen LogP contribution is -2.57. The van der Waals surface area contributed by atoms with Crippen LogP contribution < -0.4 is 11.1 Å². The van der Waals surface area contributed by atoms with E-state index in [9.17, 15) is 4.79 Å². The van der Waals surface area contributed by atoms with Crippen LogP contribution in [0.4, 0.5) is 0 Å². The number of thioether (sulfide) groups is 1. The van der Waals surface area contributed by atoms with Crippen LogP contribution in [0.15, 0.2) is 15.9 Å². The summed E-state index contributed by atoms with van der Waals surface area (Å²) < 4.78 is 5.26. The number of nitrogens with two attached hydrogens (primary N) is 1. The highest BCUT2D eigenvalue weighted by Crippen LogP contribution is 2.42. The summed E-state index contributed by atoms with van der Waals surface area (Å²) in [6, 6.07) is 0. The fraction of sp³-hybridized carbons (Fsp3) is 0.636. The number of amides is 1. The molecule has 3 N–H and O–H groups in total. The van der Waals surface area contributed by atoms with Crippen LogP contribution in [-0.2, 0) is 4.79 Å². The van der Waals surface area contributed by atoms with Crippen molar-refractivity contribution in [3.63, 3.8) is 0 Å². The summed E-state index contributed by atoms with van der Waals surface area (Å²) in [6.07, 6.45) is 3.70. The van der Waals surface area contributed by atoms with E-state index in [2.05, 4.69) is 10.3 Å². The predicted octanol–water partition coefficient (Wildman–Crippen LogP) is 0.929. The zero-order valence-electron chi connectivity index (χ0n) is 10.0. The Morgan fingerprint density at radius 3 is 2.88 bits per heavy atom. The van der Waals surface area contributed by atoms with Gasteiger partial charge in [0.15, 0.2) is 0 Å². The molecule has 1 fully saturated rings. The van der Waals surface area contributed by atoms with Crippen LogP contribution in [0.3, 0.4) is 0 Å². The van der Waals surface area contributed by atoms with E-state index >= 15 is 0 Å². The Bertz CT molecular complexity index is 417. The molecule has 0 radical (unpaired) electrons. The molecular weight excluding hydrogens is 238 g/mol. The van der Waals surface area contributed by atoms with E-state index in [0.717, 1.165) is 18.5 Å². The van der Waals surface area contributed by atoms with E-state index in [-0.39, 0.29) is 5.91 Å². The first kappa shape index (κ1) is 12.4. The minimum Gasteiger partial charge on any atom is -0.440 e. The van der Waals surface area contributed by atoms with Gasteiger partial charge in [-0.1, -0.05) is 11.8 Å². The third kappa shape index (κ3) is 2.47. The molecule has 6 heteroatoms. The number of likely N-dealkylation sites (N-methyl/N-ethyl adjacent to an activating group) is 1. The van der Waals surface area contributed by atoms with Gasteiger partial charge in [0.1, 0.15) is 11.8 Å². The molecule has 5 nitrogen and oxygen atoms in total. The summed E-state index contributed by atoms with van der Waals surface area (Å²) >= 11 is 1.43. The van der Waals surface area contributed by atoms with Gasteiger partial charge in [0, 0.05) is 5.75 Å². The largest absolute Gasteiger partial charge is 0.440 e. The number of oxazole rings is 1. The molecule has 0 spiro atoms. The van der Waals surface area contributed by atoms with Gasteiger partial charge in [0.25, 0.3) is 5.22 Å². The smallest absolute Gasteiger partial charge is 0.255 e. The van der Waals surface area contributed by atoms with E-state index in [1.807, 2.05) is 6.92 Å². The molecule has 1 aliphatic carbocycles. The third-order valence-corrected chi connectivity index (χ3v) is 4.22. The van der Waals surface area contributed by atoms with E-state index < -0.39 is 5.54 Å². The fourth-order valence-electron chi connectivity index (χ4n) is 1.94. The van der Waals surface area contributed by atoms with Gasteiger partial charge >= 0.3 is 0 Å². The summed E-state index contributed by atoms with van der Waals surface area (Å²) in [5, 5.41) is 3.68. The van der Waals surface area contributed by atoms with Gasteiger partial charge in [-0.25, -0.2) is 4.98 Å². The van der Waals surface area contributed by atoms with Crippen LogP contribution in [-0.4, -0.2) is 29.2 Å². The minimum absolute atomic E-state index is 0.293. The standard InChI is InChI=1S/C11H17N3O2S/c1-7-5-16-10(14-7)17-6-11(13-2,9(12)15)8-3-4-8/h5,8,13H,3-4,6H2,1-2H3,(H2,12,15). The van der Waals surface area contributed by atoms with Crippen molar-refractivity contribution >= 4 is 17.7 Å². The molecule has 0 saturated heterocycles. The predicted molar refractivity (Wildman–Crippen MR) is 65.7 cm³/mol. The number of nitrogens with one attached hydrogen (secondary N) is 1. The SMILES string of the molecule is CNC(CSc1nc(C)co1)(C(N)=O)C1CC1. The Hall–Kier alpha value is -1.01. The highest BCUT2D eigenvalue weighted by molar-refractivity contribution is 7.99. The van der Waals surface area contributed by atoms with E-state index in [1.54, 1.807) is 13.3 Å². The number of carbonyl (C=O) groups is 1. The molecule has 1 aromatic rings. The molecular formula is C11H17N3O2S. The minimum atomic E-state index is -0.632. The summed E-state index contributed by atoms with van der Waals surface area (Å²) in [5.41, 5.74) is 5.74. The Balaban J connectivity index is 2.05. The number of rotatable bonds is 6. The van der Waals surface area contributed by atoms with E-state index in [1.165, 1.54) is 11.8 Å². The molecule has 0 aromatic carbocycles. The molecule has 2 rings (SSSR count). The normalized spacial score (nSPS) is 18.9. The number of hydrogen-bond donors (Lipinski definition) is 2. The number of nitrogens with zero attached hydrogens (tertiary/aromatic N) is 1. The van der Waals surface area contributed by atoms with Crippen molar-refractivity contribution in [2.75, 3.05) is 12.8 Å². The fourth-order valence-corrected chi connectivity index (χ4v) is 3.14. The maximum Gasteiger partial charge on any atom is 0.255 e. The summed E-state index contributed by atoms with van der Waals surface area (Å²) in [6.45, 7) is 1.87. The maximum atomic E-state index is 11.7. The summed E-state index contributed by atoms with van der Waals surface area (Å²) in [4.78, 5) is 15.9. The van der Waals surface area contributed by atoms with Crippen molar-refractivity contribution in [1.82, 2.24) is 10.3 Å². The second kappa shape index (κ2) is 4.70. The number of hydrogen-bond acceptors (Lipinski definition) is 5. The monoisotopic (exact) mass is 255 g/mol. The Morgan fingerprint density at radius 1 is 1.76 bits per heavy atom. The maximum absolute atomic E-state index is 11.7. The van der Waals surface area contributed by atoms with Crippen molar-refractivity contribution in [1.29, 1.82) is 0 Å². The van der Waals surface area contributed by atoms with Crippen LogP contribution in [0.2, 0.25) is 0 Å². The van der Waals surface area contributed by atoms with Crippen molar-refractivity contribution in [3.05, 3.63) is 12.0 Å². The average Bonchev–Trinajstić information content (AvgIpc) is 3.04. The van der Waals surface area contributed by atoms with Crippen molar-refractivity contribution in [2.24, 2.45) is 11.7 Å². The highest BCUT2D eigenvalue weighted by atomic mass is 32.2. The van der Waals surface area contributed by atoms with Crippen molar-refractivity contribution in [3.8, 4) is 0 Å². The molecule has 0 bridgehead atoms. The van der Waals surface area contributed by atoms with Crippen LogP contribution >= 0.6 is 11.8 Å². The Morgan fingerprint density at radius 2 is 2.47 bits per heavy atom. The Labute approximate surface area is 105 Å². The van der Waals surface area contributed by atoms with Crippen molar-refractivity contribution < 1.29 is 9.21 Å². The third-order valence-electron chi connectivity index (χ3n) is 3.18. The van der Waals surface area contributed by atoms with Crippen LogP contribution in [0.5, 0.6) is 0 Å². The number of aryl methyl sites for hydroxylation is 1. The summed E-state index contributed by atoms with van der Waals surface area (Å²) in [5.74, 6) is 0.607. The van der Waals surface area contributed by atoms with Gasteiger partial charge in [-0.05, 0) is 32.7 Å². The quantitative estimate of drug-likeness (QED) is 0.739. The molecule has 94 valence electrons. The van der Waals surface area contributed by atoms with Gasteiger partial charge in [-0.15, -0.1) is 0 Å². The second-order valence-corrected chi connectivity index (χ2v) is 5.33. The molecule has 1 heterocycles. The second-order valence-electron chi connectivity index (χ2n) is 4.40. The zero-order chi connectivity index (χ0) is 12.5. The van der Waals surface area contributed by atoms with Gasteiger partial charge in [-0.3, -0.25) is 4.79 Å². The molecule has 1 aliphatic rings. The summed E-state index contributed by atoms with van der Waals surface area (Å²) in [7, 11) is 1.78. The van der Waals surface area contributed by atoms with Crippen molar-refractivity contribution in [2.45, 2.75) is 30.5 Å². The molecule has 1 amide bonds. The number of primary amides is 1. The number of carbonyl (C=O) groups excluding carboxylic acids is 1. The molecule has 17 heavy (non-hydrogen) atoms.